The van der Waals surface area contributed by atoms with Crippen molar-refractivity contribution >= 4 is 28.8 Å². The molecule has 0 saturated carbocycles. The minimum Gasteiger partial charge on any atom is -0.333 e. The van der Waals surface area contributed by atoms with E-state index in [0.717, 1.165) is 6.20 Å². The van der Waals surface area contributed by atoms with Crippen LogP contribution in [0.4, 0.5) is 17.2 Å². The van der Waals surface area contributed by atoms with Crippen molar-refractivity contribution < 1.29 is 4.92 Å². The van der Waals surface area contributed by atoms with Crippen LogP contribution in [0.3, 0.4) is 0 Å². The Kier molecular flexibility index (Phi) is 3.15. The van der Waals surface area contributed by atoms with Crippen molar-refractivity contribution in [2.24, 2.45) is 0 Å². The van der Waals surface area contributed by atoms with Crippen LogP contribution in [0.5, 0.6) is 0 Å². The molecule has 1 aromatic carbocycles. The van der Waals surface area contributed by atoms with Crippen LogP contribution in [0.2, 0.25) is 5.02 Å². The number of nitrogens with one attached hydrogen (secondary N) is 1. The van der Waals surface area contributed by atoms with Crippen molar-refractivity contribution in [1.82, 2.24) is 9.97 Å². The van der Waals surface area contributed by atoms with Gasteiger partial charge in [-0.2, -0.15) is 0 Å². The molecule has 0 amide bonds. The van der Waals surface area contributed by atoms with Gasteiger partial charge in [-0.1, -0.05) is 23.7 Å². The highest BCUT2D eigenvalue weighted by Gasteiger charge is 2.15. The quantitative estimate of drug-likeness (QED) is 0.669. The lowest BCUT2D eigenvalue weighted by Crippen LogP contribution is -2.00. The molecule has 0 aliphatic carbocycles. The number of benzene rings is 1. The van der Waals surface area contributed by atoms with Gasteiger partial charge in [-0.05, 0) is 12.1 Å². The van der Waals surface area contributed by atoms with Gasteiger partial charge in [-0.3, -0.25) is 10.1 Å². The minimum absolute atomic E-state index is 0.109. The Morgan fingerprint density at radius 3 is 2.82 bits per heavy atom. The SMILES string of the molecule is O=[N+]([O-])c1cncnc1Nc1ccccc1Cl. The molecule has 0 unspecified atom stereocenters. The summed E-state index contributed by atoms with van der Waals surface area (Å²) < 4.78 is 0. The minimum atomic E-state index is -0.556. The van der Waals surface area contributed by atoms with Crippen molar-refractivity contribution in [1.29, 1.82) is 0 Å². The Bertz CT molecular complexity index is 562. The number of rotatable bonds is 3. The number of hydrogen-bond acceptors (Lipinski definition) is 5. The Balaban J connectivity index is 2.37. The average Bonchev–Trinajstić information content (AvgIpc) is 2.32. The summed E-state index contributed by atoms with van der Waals surface area (Å²) in [6, 6.07) is 6.91. The number of halogens is 1. The molecule has 2 rings (SSSR count). The first-order valence-electron chi connectivity index (χ1n) is 4.64. The molecule has 0 fully saturated rings. The summed E-state index contributed by atoms with van der Waals surface area (Å²) in [4.78, 5) is 17.6. The zero-order valence-corrected chi connectivity index (χ0v) is 9.26. The maximum Gasteiger partial charge on any atom is 0.329 e. The third kappa shape index (κ3) is 2.48. The van der Waals surface area contributed by atoms with Gasteiger partial charge in [0.15, 0.2) is 0 Å². The molecular formula is C10H7ClN4O2. The van der Waals surface area contributed by atoms with E-state index in [0.29, 0.717) is 10.7 Å². The first-order valence-corrected chi connectivity index (χ1v) is 5.02. The lowest BCUT2D eigenvalue weighted by molar-refractivity contribution is -0.384. The molecule has 0 spiro atoms. The van der Waals surface area contributed by atoms with Crippen LogP contribution < -0.4 is 5.32 Å². The second-order valence-corrected chi connectivity index (χ2v) is 3.53. The Hall–Kier alpha value is -2.21. The van der Waals surface area contributed by atoms with E-state index in [9.17, 15) is 10.1 Å². The third-order valence-electron chi connectivity index (χ3n) is 2.02. The molecule has 6 nitrogen and oxygen atoms in total. The second kappa shape index (κ2) is 4.75. The number of nitro groups is 1. The van der Waals surface area contributed by atoms with E-state index < -0.39 is 4.92 Å². The lowest BCUT2D eigenvalue weighted by Gasteiger charge is -2.06. The molecule has 86 valence electrons. The molecular weight excluding hydrogens is 244 g/mol. The maximum atomic E-state index is 10.7. The van der Waals surface area contributed by atoms with E-state index in [-0.39, 0.29) is 11.5 Å². The molecule has 1 heterocycles. The van der Waals surface area contributed by atoms with Crippen LogP contribution in [0.1, 0.15) is 0 Å². The molecule has 2 aromatic rings. The summed E-state index contributed by atoms with van der Waals surface area (Å²) in [5, 5.41) is 14.0. The molecule has 0 radical (unpaired) electrons. The Labute approximate surface area is 101 Å². The Morgan fingerprint density at radius 1 is 1.35 bits per heavy atom. The highest BCUT2D eigenvalue weighted by Crippen LogP contribution is 2.28. The van der Waals surface area contributed by atoms with Crippen LogP contribution in [0.25, 0.3) is 0 Å². The van der Waals surface area contributed by atoms with E-state index in [1.807, 2.05) is 0 Å². The monoisotopic (exact) mass is 250 g/mol. The fourth-order valence-corrected chi connectivity index (χ4v) is 1.43. The van der Waals surface area contributed by atoms with Crippen LogP contribution in [0, 0.1) is 10.1 Å². The van der Waals surface area contributed by atoms with E-state index in [4.69, 9.17) is 11.6 Å². The van der Waals surface area contributed by atoms with Crippen molar-refractivity contribution in [3.8, 4) is 0 Å². The standard InChI is InChI=1S/C10H7ClN4O2/c11-7-3-1-2-4-8(7)14-10-9(15(16)17)5-12-6-13-10/h1-6H,(H,12,13,14). The van der Waals surface area contributed by atoms with Gasteiger partial charge < -0.3 is 5.32 Å². The van der Waals surface area contributed by atoms with E-state index in [1.54, 1.807) is 24.3 Å². The summed E-state index contributed by atoms with van der Waals surface area (Å²) in [5.41, 5.74) is 0.350. The van der Waals surface area contributed by atoms with Gasteiger partial charge in [0.05, 0.1) is 15.6 Å². The van der Waals surface area contributed by atoms with Gasteiger partial charge in [0.2, 0.25) is 5.82 Å². The van der Waals surface area contributed by atoms with Crippen molar-refractivity contribution in [3.05, 3.63) is 51.9 Å². The first-order chi connectivity index (χ1) is 8.18. The number of hydrogen-bond donors (Lipinski definition) is 1. The highest BCUT2D eigenvalue weighted by molar-refractivity contribution is 6.33. The van der Waals surface area contributed by atoms with Crippen LogP contribution >= 0.6 is 11.6 Å². The Morgan fingerprint density at radius 2 is 2.12 bits per heavy atom. The predicted octanol–water partition coefficient (Wildman–Crippen LogP) is 2.78. The molecule has 0 saturated heterocycles. The van der Waals surface area contributed by atoms with Gasteiger partial charge in [-0.15, -0.1) is 0 Å². The van der Waals surface area contributed by atoms with E-state index in [1.165, 1.54) is 6.33 Å². The first kappa shape index (κ1) is 11.3. The van der Waals surface area contributed by atoms with Gasteiger partial charge >= 0.3 is 5.69 Å². The largest absolute Gasteiger partial charge is 0.333 e. The van der Waals surface area contributed by atoms with Gasteiger partial charge in [0.25, 0.3) is 0 Å². The fourth-order valence-electron chi connectivity index (χ4n) is 1.24. The summed E-state index contributed by atoms with van der Waals surface area (Å²) in [6.07, 6.45) is 2.36. The third-order valence-corrected chi connectivity index (χ3v) is 2.35. The van der Waals surface area contributed by atoms with Crippen molar-refractivity contribution in [2.45, 2.75) is 0 Å². The van der Waals surface area contributed by atoms with Crippen LogP contribution in [-0.4, -0.2) is 14.9 Å². The number of aromatic nitrogens is 2. The van der Waals surface area contributed by atoms with Gasteiger partial charge in [0, 0.05) is 0 Å². The predicted molar refractivity (Wildman–Crippen MR) is 63.4 cm³/mol. The number of para-hydroxylation sites is 1. The summed E-state index contributed by atoms with van der Waals surface area (Å²) in [7, 11) is 0. The topological polar surface area (TPSA) is 81.0 Å². The second-order valence-electron chi connectivity index (χ2n) is 3.12. The zero-order valence-electron chi connectivity index (χ0n) is 8.50. The van der Waals surface area contributed by atoms with Gasteiger partial charge in [-0.25, -0.2) is 9.97 Å². The van der Waals surface area contributed by atoms with E-state index >= 15 is 0 Å². The van der Waals surface area contributed by atoms with Crippen molar-refractivity contribution in [3.63, 3.8) is 0 Å². The molecule has 7 heteroatoms. The average molecular weight is 251 g/mol. The molecule has 1 N–H and O–H groups in total. The summed E-state index contributed by atoms with van der Waals surface area (Å²) in [5.74, 6) is 0.109. The van der Waals surface area contributed by atoms with Crippen LogP contribution in [-0.2, 0) is 0 Å². The lowest BCUT2D eigenvalue weighted by atomic mass is 10.3. The number of nitrogens with zero attached hydrogens (tertiary/aromatic N) is 3. The smallest absolute Gasteiger partial charge is 0.329 e. The molecule has 0 atom stereocenters. The molecule has 0 aliphatic heterocycles. The molecule has 0 bridgehead atoms. The normalized spacial score (nSPS) is 9.94. The van der Waals surface area contributed by atoms with E-state index in [2.05, 4.69) is 15.3 Å². The maximum absolute atomic E-state index is 10.7. The van der Waals surface area contributed by atoms with Crippen LogP contribution in [0.15, 0.2) is 36.8 Å². The van der Waals surface area contributed by atoms with Crippen molar-refractivity contribution in [2.75, 3.05) is 5.32 Å². The van der Waals surface area contributed by atoms with Gasteiger partial charge in [0.1, 0.15) is 12.5 Å². The zero-order chi connectivity index (χ0) is 12.3. The summed E-state index contributed by atoms with van der Waals surface area (Å²) >= 11 is 5.93. The molecule has 0 aliphatic rings. The highest BCUT2D eigenvalue weighted by atomic mass is 35.5. The molecule has 17 heavy (non-hydrogen) atoms. The summed E-state index contributed by atoms with van der Waals surface area (Å²) in [6.45, 7) is 0. The molecule has 1 aromatic heterocycles. The number of anilines is 2. The fraction of sp³-hybridized carbons (Fsp3) is 0.